The molecule has 4 aromatic rings. The summed E-state index contributed by atoms with van der Waals surface area (Å²) in [6.45, 7) is 1.56. The summed E-state index contributed by atoms with van der Waals surface area (Å²) in [5.74, 6) is 1.06. The highest BCUT2D eigenvalue weighted by Crippen LogP contribution is 2.41. The number of anilines is 2. The fraction of sp³-hybridized carbons (Fsp3) is 0.261. The zero-order valence-corrected chi connectivity index (χ0v) is 17.9. The lowest BCUT2D eigenvalue weighted by atomic mass is 9.97. The predicted molar refractivity (Wildman–Crippen MR) is 122 cm³/mol. The summed E-state index contributed by atoms with van der Waals surface area (Å²) in [6.07, 6.45) is 1.74. The number of hydrogen-bond donors (Lipinski definition) is 3. The summed E-state index contributed by atoms with van der Waals surface area (Å²) in [5.41, 5.74) is 13.3. The fourth-order valence-corrected chi connectivity index (χ4v) is 4.20. The highest BCUT2D eigenvalue weighted by atomic mass is 19.1. The van der Waals surface area contributed by atoms with E-state index in [1.165, 1.54) is 19.2 Å². The summed E-state index contributed by atoms with van der Waals surface area (Å²) in [6, 6.07) is 10.4. The van der Waals surface area contributed by atoms with E-state index in [9.17, 15) is 9.65 Å². The number of nitrogens with two attached hydrogens (primary N) is 2. The first kappa shape index (κ1) is 20.8. The maximum absolute atomic E-state index is 14.9. The second-order valence-electron chi connectivity index (χ2n) is 7.96. The number of nitrogen functional groups attached to an aromatic ring is 1. The molecule has 1 aliphatic rings. The second kappa shape index (κ2) is 8.11. The Labute approximate surface area is 188 Å². The summed E-state index contributed by atoms with van der Waals surface area (Å²) in [5, 5.41) is 17.4. The maximum atomic E-state index is 14.9. The van der Waals surface area contributed by atoms with E-state index in [4.69, 9.17) is 20.6 Å². The number of halogens is 1. The standard InChI is InChI=1S/C23H22FN7O2/c1-32-13-2-3-14(16(24)10-13)21-15(11-25)19(20-22(27)29-30-23(20)28-21)17-4-5-18(33-17)31-8-6-12(26)7-9-31/h2-5,10,12H,6-9,26H2,1H3,(H3,27,28,29,30). The van der Waals surface area contributed by atoms with Gasteiger partial charge in [0.2, 0.25) is 0 Å². The number of aromatic amines is 1. The number of pyridine rings is 1. The molecule has 0 radical (unpaired) electrons. The number of rotatable bonds is 4. The monoisotopic (exact) mass is 447 g/mol. The quantitative estimate of drug-likeness (QED) is 0.432. The molecule has 5 rings (SSSR count). The number of ether oxygens (including phenoxy) is 1. The molecule has 0 amide bonds. The highest BCUT2D eigenvalue weighted by Gasteiger charge is 2.26. The van der Waals surface area contributed by atoms with Crippen molar-refractivity contribution in [1.82, 2.24) is 15.2 Å². The van der Waals surface area contributed by atoms with E-state index in [2.05, 4.69) is 26.2 Å². The smallest absolute Gasteiger partial charge is 0.196 e. The number of nitriles is 1. The van der Waals surface area contributed by atoms with Gasteiger partial charge in [0.25, 0.3) is 0 Å². The minimum absolute atomic E-state index is 0.140. The van der Waals surface area contributed by atoms with Gasteiger partial charge in [0, 0.05) is 36.8 Å². The zero-order chi connectivity index (χ0) is 23.1. The predicted octanol–water partition coefficient (Wildman–Crippen LogP) is 3.41. The molecule has 1 aromatic carbocycles. The Bertz CT molecular complexity index is 1380. The highest BCUT2D eigenvalue weighted by molar-refractivity contribution is 6.03. The SMILES string of the molecule is COc1ccc(-c2nc3[nH]nc(N)c3c(-c3ccc(N4CCC(N)CC4)o3)c2C#N)c(F)c1. The summed E-state index contributed by atoms with van der Waals surface area (Å²) < 4.78 is 26.2. The average molecular weight is 447 g/mol. The molecule has 1 aliphatic heterocycles. The van der Waals surface area contributed by atoms with E-state index in [1.54, 1.807) is 12.1 Å². The van der Waals surface area contributed by atoms with Crippen LogP contribution in [0, 0.1) is 17.1 Å². The number of H-pyrrole nitrogens is 1. The summed E-state index contributed by atoms with van der Waals surface area (Å²) >= 11 is 0. The van der Waals surface area contributed by atoms with Gasteiger partial charge in [-0.2, -0.15) is 10.4 Å². The molecule has 4 heterocycles. The third-order valence-corrected chi connectivity index (χ3v) is 5.97. The number of fused-ring (bicyclic) bond motifs is 1. The lowest BCUT2D eigenvalue weighted by molar-refractivity contribution is 0.411. The minimum Gasteiger partial charge on any atom is -0.497 e. The number of aromatic nitrogens is 3. The molecule has 0 atom stereocenters. The first-order chi connectivity index (χ1) is 16.0. The van der Waals surface area contributed by atoms with Crippen LogP contribution in [0.15, 0.2) is 34.7 Å². The molecule has 1 saturated heterocycles. The van der Waals surface area contributed by atoms with E-state index >= 15 is 0 Å². The Balaban J connectivity index is 1.69. The van der Waals surface area contributed by atoms with E-state index in [-0.39, 0.29) is 28.7 Å². The Morgan fingerprint density at radius 2 is 2.06 bits per heavy atom. The van der Waals surface area contributed by atoms with Crippen molar-refractivity contribution < 1.29 is 13.5 Å². The van der Waals surface area contributed by atoms with Gasteiger partial charge in [-0.25, -0.2) is 9.37 Å². The third-order valence-electron chi connectivity index (χ3n) is 5.97. The average Bonchev–Trinajstić information content (AvgIpc) is 3.45. The molecule has 0 saturated carbocycles. The van der Waals surface area contributed by atoms with E-state index in [1.807, 2.05) is 6.07 Å². The summed E-state index contributed by atoms with van der Waals surface area (Å²) in [7, 11) is 1.45. The van der Waals surface area contributed by atoms with Crippen LogP contribution >= 0.6 is 0 Å². The maximum Gasteiger partial charge on any atom is 0.196 e. The molecular formula is C23H22FN7O2. The van der Waals surface area contributed by atoms with Crippen molar-refractivity contribution in [1.29, 1.82) is 5.26 Å². The molecule has 0 aliphatic carbocycles. The Morgan fingerprint density at radius 3 is 2.76 bits per heavy atom. The van der Waals surface area contributed by atoms with Crippen LogP contribution in [0.5, 0.6) is 5.75 Å². The third kappa shape index (κ3) is 3.52. The first-order valence-electron chi connectivity index (χ1n) is 10.5. The fourth-order valence-electron chi connectivity index (χ4n) is 4.20. The number of methoxy groups -OCH3 is 1. The number of piperidine rings is 1. The van der Waals surface area contributed by atoms with Crippen molar-refractivity contribution in [2.45, 2.75) is 18.9 Å². The van der Waals surface area contributed by atoms with Crippen LogP contribution in [0.2, 0.25) is 0 Å². The van der Waals surface area contributed by atoms with Crippen molar-refractivity contribution in [2.24, 2.45) is 5.73 Å². The van der Waals surface area contributed by atoms with Gasteiger partial charge in [-0.05, 0) is 31.0 Å². The van der Waals surface area contributed by atoms with Crippen LogP contribution in [0.3, 0.4) is 0 Å². The topological polar surface area (TPSA) is 143 Å². The van der Waals surface area contributed by atoms with Crippen molar-refractivity contribution in [3.05, 3.63) is 41.7 Å². The normalized spacial score (nSPS) is 14.5. The van der Waals surface area contributed by atoms with Gasteiger partial charge in [-0.15, -0.1) is 0 Å². The molecule has 33 heavy (non-hydrogen) atoms. The largest absolute Gasteiger partial charge is 0.497 e. The van der Waals surface area contributed by atoms with Gasteiger partial charge in [0.15, 0.2) is 17.3 Å². The molecule has 1 fully saturated rings. The van der Waals surface area contributed by atoms with Gasteiger partial charge in [-0.3, -0.25) is 5.10 Å². The van der Waals surface area contributed by atoms with Crippen molar-refractivity contribution in [3.63, 3.8) is 0 Å². The van der Waals surface area contributed by atoms with Gasteiger partial charge in [0.05, 0.1) is 29.3 Å². The van der Waals surface area contributed by atoms with Crippen LogP contribution in [0.1, 0.15) is 18.4 Å². The zero-order valence-electron chi connectivity index (χ0n) is 17.9. The number of benzene rings is 1. The van der Waals surface area contributed by atoms with Gasteiger partial charge >= 0.3 is 0 Å². The van der Waals surface area contributed by atoms with E-state index in [0.29, 0.717) is 34.0 Å². The van der Waals surface area contributed by atoms with Crippen LogP contribution < -0.4 is 21.1 Å². The lowest BCUT2D eigenvalue weighted by Gasteiger charge is -2.29. The van der Waals surface area contributed by atoms with Crippen molar-refractivity contribution >= 4 is 22.7 Å². The van der Waals surface area contributed by atoms with Crippen molar-refractivity contribution in [3.8, 4) is 34.4 Å². The van der Waals surface area contributed by atoms with Crippen LogP contribution in [-0.4, -0.2) is 41.4 Å². The van der Waals surface area contributed by atoms with Crippen LogP contribution in [-0.2, 0) is 0 Å². The Morgan fingerprint density at radius 1 is 1.27 bits per heavy atom. The molecule has 168 valence electrons. The lowest BCUT2D eigenvalue weighted by Crippen LogP contribution is -2.39. The molecule has 9 nitrogen and oxygen atoms in total. The molecule has 3 aromatic heterocycles. The van der Waals surface area contributed by atoms with Crippen LogP contribution in [0.25, 0.3) is 33.6 Å². The van der Waals surface area contributed by atoms with Crippen molar-refractivity contribution in [2.75, 3.05) is 30.8 Å². The molecule has 0 spiro atoms. The van der Waals surface area contributed by atoms with E-state index < -0.39 is 5.82 Å². The molecule has 10 heteroatoms. The molecule has 0 unspecified atom stereocenters. The second-order valence-corrected chi connectivity index (χ2v) is 7.96. The van der Waals surface area contributed by atoms with Gasteiger partial charge < -0.3 is 25.5 Å². The number of furan rings is 1. The van der Waals surface area contributed by atoms with Crippen LogP contribution in [0.4, 0.5) is 16.1 Å². The Hall–Kier alpha value is -4.10. The number of nitrogens with one attached hydrogen (secondary N) is 1. The van der Waals surface area contributed by atoms with Gasteiger partial charge in [0.1, 0.15) is 23.4 Å². The first-order valence-corrected chi connectivity index (χ1v) is 10.5. The van der Waals surface area contributed by atoms with E-state index in [0.717, 1.165) is 25.9 Å². The molecule has 5 N–H and O–H groups in total. The van der Waals surface area contributed by atoms with Gasteiger partial charge in [-0.1, -0.05) is 0 Å². The molecular weight excluding hydrogens is 425 g/mol. The minimum atomic E-state index is -0.569. The number of nitrogens with zero attached hydrogens (tertiary/aromatic N) is 4. The molecule has 0 bridgehead atoms. The summed E-state index contributed by atoms with van der Waals surface area (Å²) in [4.78, 5) is 6.59. The Kier molecular flexibility index (Phi) is 5.11. The number of hydrogen-bond acceptors (Lipinski definition) is 8.